The summed E-state index contributed by atoms with van der Waals surface area (Å²) in [6.45, 7) is 4.19. The molecule has 0 fully saturated rings. The molecule has 0 radical (unpaired) electrons. The fourth-order valence-corrected chi connectivity index (χ4v) is 7.40. The van der Waals surface area contributed by atoms with E-state index in [-0.39, 0.29) is 12.5 Å². The predicted molar refractivity (Wildman–Crippen MR) is 218 cm³/mol. The standard InChI is InChI=1S/C45H91NO4/c1-3-5-7-9-11-13-15-17-18-19-20-21-22-23-24-25-26-27-28-29-31-33-35-37-39-43(48)45(50)42(41-47)46-44(49)40-38-36-34-32-30-16-14-12-10-8-6-4-2/h42-43,45,47-48,50H,3-41H2,1-2H3,(H,46,49). The number of amides is 1. The van der Waals surface area contributed by atoms with Crippen molar-refractivity contribution < 1.29 is 20.1 Å². The molecule has 0 heterocycles. The molecule has 0 aliphatic carbocycles. The second kappa shape index (κ2) is 41.1. The van der Waals surface area contributed by atoms with Crippen LogP contribution in [-0.4, -0.2) is 46.1 Å². The zero-order chi connectivity index (χ0) is 36.6. The van der Waals surface area contributed by atoms with Crippen LogP contribution in [0.1, 0.15) is 258 Å². The number of aliphatic hydroxyl groups is 3. The Balaban J connectivity index is 3.52. The van der Waals surface area contributed by atoms with Gasteiger partial charge in [-0.25, -0.2) is 0 Å². The predicted octanol–water partition coefficient (Wildman–Crippen LogP) is 13.0. The molecular weight excluding hydrogens is 618 g/mol. The lowest BCUT2D eigenvalue weighted by Gasteiger charge is -2.26. The molecule has 5 nitrogen and oxygen atoms in total. The molecule has 0 bridgehead atoms. The lowest BCUT2D eigenvalue weighted by molar-refractivity contribution is -0.124. The Labute approximate surface area is 313 Å². The summed E-state index contributed by atoms with van der Waals surface area (Å²) in [6.07, 6.45) is 46.5. The number of carbonyl (C=O) groups is 1. The Morgan fingerprint density at radius 2 is 0.680 bits per heavy atom. The maximum absolute atomic E-state index is 12.4. The minimum Gasteiger partial charge on any atom is -0.394 e. The first kappa shape index (κ1) is 49.4. The van der Waals surface area contributed by atoms with Gasteiger partial charge in [-0.15, -0.1) is 0 Å². The van der Waals surface area contributed by atoms with Gasteiger partial charge < -0.3 is 20.6 Å². The van der Waals surface area contributed by atoms with E-state index in [4.69, 9.17) is 0 Å². The van der Waals surface area contributed by atoms with Crippen LogP contribution in [0.25, 0.3) is 0 Å². The zero-order valence-corrected chi connectivity index (χ0v) is 34.1. The first-order valence-corrected chi connectivity index (χ1v) is 22.8. The topological polar surface area (TPSA) is 89.8 Å². The maximum Gasteiger partial charge on any atom is 0.220 e. The Hall–Kier alpha value is -0.650. The van der Waals surface area contributed by atoms with Crippen molar-refractivity contribution in [3.63, 3.8) is 0 Å². The minimum atomic E-state index is -1.13. The number of carbonyl (C=O) groups excluding carboxylic acids is 1. The largest absolute Gasteiger partial charge is 0.394 e. The molecule has 0 spiro atoms. The van der Waals surface area contributed by atoms with Crippen LogP contribution in [0, 0.1) is 0 Å². The molecule has 0 aliphatic rings. The van der Waals surface area contributed by atoms with E-state index >= 15 is 0 Å². The Bertz CT molecular complexity index is 659. The maximum atomic E-state index is 12.4. The molecule has 0 aromatic carbocycles. The third kappa shape index (κ3) is 35.7. The van der Waals surface area contributed by atoms with Gasteiger partial charge in [0.2, 0.25) is 5.91 Å². The van der Waals surface area contributed by atoms with Gasteiger partial charge in [0.15, 0.2) is 0 Å². The molecule has 300 valence electrons. The van der Waals surface area contributed by atoms with Crippen molar-refractivity contribution >= 4 is 5.91 Å². The van der Waals surface area contributed by atoms with Gasteiger partial charge in [0.05, 0.1) is 18.8 Å². The van der Waals surface area contributed by atoms with E-state index in [0.717, 1.165) is 32.1 Å². The highest BCUT2D eigenvalue weighted by atomic mass is 16.3. The van der Waals surface area contributed by atoms with Gasteiger partial charge in [-0.05, 0) is 12.8 Å². The average Bonchev–Trinajstić information content (AvgIpc) is 3.12. The number of rotatable bonds is 42. The summed E-state index contributed by atoms with van der Waals surface area (Å²) in [6, 6.07) is -0.802. The van der Waals surface area contributed by atoms with Crippen LogP contribution in [-0.2, 0) is 4.79 Å². The second-order valence-corrected chi connectivity index (χ2v) is 16.0. The van der Waals surface area contributed by atoms with E-state index in [1.54, 1.807) is 0 Å². The molecular formula is C45H91NO4. The van der Waals surface area contributed by atoms with Crippen molar-refractivity contribution in [3.8, 4) is 0 Å². The molecule has 0 aliphatic heterocycles. The summed E-state index contributed by atoms with van der Waals surface area (Å²) < 4.78 is 0. The molecule has 50 heavy (non-hydrogen) atoms. The molecule has 5 heteroatoms. The Morgan fingerprint density at radius 1 is 0.420 bits per heavy atom. The molecule has 0 aromatic heterocycles. The second-order valence-electron chi connectivity index (χ2n) is 16.0. The van der Waals surface area contributed by atoms with Gasteiger partial charge in [-0.1, -0.05) is 239 Å². The molecule has 1 amide bonds. The first-order valence-electron chi connectivity index (χ1n) is 22.8. The van der Waals surface area contributed by atoms with E-state index in [2.05, 4.69) is 19.2 Å². The normalized spacial score (nSPS) is 13.5. The van der Waals surface area contributed by atoms with Crippen molar-refractivity contribution in [1.82, 2.24) is 5.32 Å². The zero-order valence-electron chi connectivity index (χ0n) is 34.1. The van der Waals surface area contributed by atoms with Crippen LogP contribution in [0.15, 0.2) is 0 Å². The van der Waals surface area contributed by atoms with Gasteiger partial charge in [0.1, 0.15) is 6.10 Å². The van der Waals surface area contributed by atoms with Crippen molar-refractivity contribution in [2.75, 3.05) is 6.61 Å². The molecule has 0 saturated carbocycles. The lowest BCUT2D eigenvalue weighted by atomic mass is 9.99. The van der Waals surface area contributed by atoms with E-state index < -0.39 is 18.2 Å². The van der Waals surface area contributed by atoms with Crippen LogP contribution in [0.5, 0.6) is 0 Å². The Morgan fingerprint density at radius 3 is 0.960 bits per heavy atom. The SMILES string of the molecule is CCCCCCCCCCCCCCCCCCCCCCCCCCC(O)C(O)C(CO)NC(=O)CCCCCCCCCCCCCC. The van der Waals surface area contributed by atoms with Crippen LogP contribution in [0.3, 0.4) is 0 Å². The van der Waals surface area contributed by atoms with Gasteiger partial charge in [-0.2, -0.15) is 0 Å². The lowest BCUT2D eigenvalue weighted by Crippen LogP contribution is -2.50. The highest BCUT2D eigenvalue weighted by molar-refractivity contribution is 5.76. The summed E-state index contributed by atoms with van der Waals surface area (Å²) in [5.74, 6) is -0.141. The van der Waals surface area contributed by atoms with E-state index in [0.29, 0.717) is 12.8 Å². The van der Waals surface area contributed by atoms with Gasteiger partial charge >= 0.3 is 0 Å². The summed E-state index contributed by atoms with van der Waals surface area (Å²) in [4.78, 5) is 12.4. The average molecular weight is 710 g/mol. The van der Waals surface area contributed by atoms with Gasteiger partial charge in [0.25, 0.3) is 0 Å². The van der Waals surface area contributed by atoms with Gasteiger partial charge in [-0.3, -0.25) is 4.79 Å². The number of nitrogens with one attached hydrogen (secondary N) is 1. The van der Waals surface area contributed by atoms with Crippen LogP contribution in [0.4, 0.5) is 0 Å². The highest BCUT2D eigenvalue weighted by Gasteiger charge is 2.26. The smallest absolute Gasteiger partial charge is 0.220 e. The molecule has 0 rings (SSSR count). The van der Waals surface area contributed by atoms with E-state index in [1.165, 1.54) is 199 Å². The van der Waals surface area contributed by atoms with E-state index in [9.17, 15) is 20.1 Å². The number of unbranched alkanes of at least 4 members (excludes halogenated alkanes) is 34. The molecule has 4 N–H and O–H groups in total. The minimum absolute atomic E-state index is 0.141. The molecule has 0 saturated heterocycles. The third-order valence-corrected chi connectivity index (χ3v) is 11.0. The van der Waals surface area contributed by atoms with Crippen LogP contribution < -0.4 is 5.32 Å². The van der Waals surface area contributed by atoms with Crippen LogP contribution in [0.2, 0.25) is 0 Å². The van der Waals surface area contributed by atoms with Crippen molar-refractivity contribution in [1.29, 1.82) is 0 Å². The number of aliphatic hydroxyl groups excluding tert-OH is 3. The summed E-state index contributed by atoms with van der Waals surface area (Å²) >= 11 is 0. The molecule has 0 aromatic rings. The molecule has 3 atom stereocenters. The summed E-state index contributed by atoms with van der Waals surface area (Å²) in [7, 11) is 0. The summed E-state index contributed by atoms with van der Waals surface area (Å²) in [5, 5.41) is 33.5. The first-order chi connectivity index (χ1) is 24.6. The van der Waals surface area contributed by atoms with Crippen LogP contribution >= 0.6 is 0 Å². The fourth-order valence-electron chi connectivity index (χ4n) is 7.40. The highest BCUT2D eigenvalue weighted by Crippen LogP contribution is 2.17. The van der Waals surface area contributed by atoms with Crippen molar-refractivity contribution in [2.24, 2.45) is 0 Å². The monoisotopic (exact) mass is 710 g/mol. The molecule has 3 unspecified atom stereocenters. The Kier molecular flexibility index (Phi) is 40.6. The fraction of sp³-hybridized carbons (Fsp3) is 0.978. The van der Waals surface area contributed by atoms with E-state index in [1.807, 2.05) is 0 Å². The third-order valence-electron chi connectivity index (χ3n) is 11.0. The number of hydrogen-bond donors (Lipinski definition) is 4. The van der Waals surface area contributed by atoms with Gasteiger partial charge in [0, 0.05) is 6.42 Å². The summed E-state index contributed by atoms with van der Waals surface area (Å²) in [5.41, 5.74) is 0. The van der Waals surface area contributed by atoms with Crippen molar-refractivity contribution in [3.05, 3.63) is 0 Å². The van der Waals surface area contributed by atoms with Crippen molar-refractivity contribution in [2.45, 2.75) is 276 Å². The quantitative estimate of drug-likeness (QED) is 0.0475. The number of hydrogen-bond acceptors (Lipinski definition) is 4.